The minimum absolute atomic E-state index is 0.267. The number of esters is 1. The molecule has 0 bridgehead atoms. The number of benzene rings is 1. The SMILES string of the molecule is CCC(=O)OC1=C(OCCc2nc(-c3ccc(C)nc3)oc2C)CCc2ccccc21. The van der Waals surface area contributed by atoms with Crippen LogP contribution in [0.4, 0.5) is 0 Å². The minimum Gasteiger partial charge on any atom is -0.494 e. The van der Waals surface area contributed by atoms with E-state index in [1.807, 2.05) is 44.2 Å². The summed E-state index contributed by atoms with van der Waals surface area (Å²) >= 11 is 0. The van der Waals surface area contributed by atoms with E-state index >= 15 is 0 Å². The minimum atomic E-state index is -0.267. The van der Waals surface area contributed by atoms with E-state index < -0.39 is 0 Å². The first-order chi connectivity index (χ1) is 15.0. The second-order valence-corrected chi connectivity index (χ2v) is 7.55. The molecule has 31 heavy (non-hydrogen) atoms. The van der Waals surface area contributed by atoms with E-state index in [9.17, 15) is 4.79 Å². The number of allylic oxidation sites excluding steroid dienone is 1. The normalized spacial score (nSPS) is 13.1. The maximum Gasteiger partial charge on any atom is 0.311 e. The summed E-state index contributed by atoms with van der Waals surface area (Å²) in [5.74, 6) is 2.31. The van der Waals surface area contributed by atoms with Crippen LogP contribution in [0.15, 0.2) is 52.8 Å². The van der Waals surface area contributed by atoms with Crippen LogP contribution in [0.3, 0.4) is 0 Å². The van der Waals surface area contributed by atoms with Gasteiger partial charge in [-0.3, -0.25) is 9.78 Å². The monoisotopic (exact) mass is 418 g/mol. The van der Waals surface area contributed by atoms with Crippen LogP contribution in [-0.4, -0.2) is 22.5 Å². The molecule has 2 heterocycles. The Kier molecular flexibility index (Phi) is 6.16. The van der Waals surface area contributed by atoms with Crippen LogP contribution in [0.2, 0.25) is 0 Å². The van der Waals surface area contributed by atoms with Crippen molar-refractivity contribution in [2.45, 2.75) is 46.5 Å². The Labute approximate surface area is 181 Å². The summed E-state index contributed by atoms with van der Waals surface area (Å²) in [4.78, 5) is 20.9. The number of hydrogen-bond donors (Lipinski definition) is 0. The number of oxazole rings is 1. The average molecular weight is 418 g/mol. The Balaban J connectivity index is 1.49. The molecule has 1 aliphatic carbocycles. The number of nitrogens with zero attached hydrogens (tertiary/aromatic N) is 2. The number of rotatable bonds is 7. The number of hydrogen-bond acceptors (Lipinski definition) is 6. The van der Waals surface area contributed by atoms with Gasteiger partial charge in [0.15, 0.2) is 5.76 Å². The molecule has 6 nitrogen and oxygen atoms in total. The van der Waals surface area contributed by atoms with Gasteiger partial charge in [0.1, 0.15) is 11.5 Å². The average Bonchev–Trinajstić information content (AvgIpc) is 3.15. The molecule has 1 aliphatic rings. The van der Waals surface area contributed by atoms with E-state index in [0.29, 0.717) is 43.3 Å². The lowest BCUT2D eigenvalue weighted by Crippen LogP contribution is -2.13. The molecule has 2 aromatic heterocycles. The van der Waals surface area contributed by atoms with Crippen LogP contribution in [-0.2, 0) is 27.1 Å². The maximum absolute atomic E-state index is 12.0. The van der Waals surface area contributed by atoms with Crippen molar-refractivity contribution in [2.24, 2.45) is 0 Å². The molecule has 0 saturated carbocycles. The van der Waals surface area contributed by atoms with E-state index in [1.165, 1.54) is 0 Å². The van der Waals surface area contributed by atoms with Crippen LogP contribution in [0.25, 0.3) is 17.2 Å². The van der Waals surface area contributed by atoms with Crippen LogP contribution in [0.5, 0.6) is 0 Å². The van der Waals surface area contributed by atoms with E-state index in [2.05, 4.69) is 16.0 Å². The number of carbonyl (C=O) groups is 1. The molecule has 0 unspecified atom stereocenters. The summed E-state index contributed by atoms with van der Waals surface area (Å²) < 4.78 is 17.6. The van der Waals surface area contributed by atoms with E-state index in [4.69, 9.17) is 13.9 Å². The Hall–Kier alpha value is -3.41. The zero-order valence-electron chi connectivity index (χ0n) is 18.1. The summed E-state index contributed by atoms with van der Waals surface area (Å²) in [7, 11) is 0. The smallest absolute Gasteiger partial charge is 0.311 e. The van der Waals surface area contributed by atoms with Crippen LogP contribution < -0.4 is 0 Å². The van der Waals surface area contributed by atoms with Crippen LogP contribution >= 0.6 is 0 Å². The molecule has 0 fully saturated rings. The van der Waals surface area contributed by atoms with Gasteiger partial charge in [0.05, 0.1) is 17.9 Å². The number of aromatic nitrogens is 2. The molecule has 160 valence electrons. The molecule has 0 radical (unpaired) electrons. The maximum atomic E-state index is 12.0. The lowest BCUT2D eigenvalue weighted by molar-refractivity contribution is -0.136. The summed E-state index contributed by atoms with van der Waals surface area (Å²) in [6.07, 6.45) is 4.22. The molecule has 3 aromatic rings. The highest BCUT2D eigenvalue weighted by Crippen LogP contribution is 2.33. The highest BCUT2D eigenvalue weighted by molar-refractivity contribution is 5.80. The van der Waals surface area contributed by atoms with Gasteiger partial charge in [-0.25, -0.2) is 4.98 Å². The fourth-order valence-corrected chi connectivity index (χ4v) is 3.56. The lowest BCUT2D eigenvalue weighted by Gasteiger charge is -2.22. The van der Waals surface area contributed by atoms with Gasteiger partial charge in [0, 0.05) is 36.7 Å². The fraction of sp³-hybridized carbons (Fsp3) is 0.320. The Morgan fingerprint density at radius 3 is 2.74 bits per heavy atom. The van der Waals surface area contributed by atoms with Gasteiger partial charge >= 0.3 is 5.97 Å². The zero-order chi connectivity index (χ0) is 21.8. The number of aryl methyl sites for hydroxylation is 3. The summed E-state index contributed by atoms with van der Waals surface area (Å²) in [5, 5.41) is 0. The first kappa shape index (κ1) is 20.8. The van der Waals surface area contributed by atoms with Crippen molar-refractivity contribution in [2.75, 3.05) is 6.61 Å². The summed E-state index contributed by atoms with van der Waals surface area (Å²) in [6.45, 7) is 6.05. The third-order valence-electron chi connectivity index (χ3n) is 5.31. The lowest BCUT2D eigenvalue weighted by atomic mass is 9.94. The van der Waals surface area contributed by atoms with Gasteiger partial charge in [-0.2, -0.15) is 0 Å². The Morgan fingerprint density at radius 1 is 1.13 bits per heavy atom. The largest absolute Gasteiger partial charge is 0.494 e. The molecule has 1 aromatic carbocycles. The van der Waals surface area contributed by atoms with Crippen molar-refractivity contribution in [1.82, 2.24) is 9.97 Å². The van der Waals surface area contributed by atoms with E-state index in [1.54, 1.807) is 13.1 Å². The molecular weight excluding hydrogens is 392 g/mol. The van der Waals surface area contributed by atoms with Gasteiger partial charge < -0.3 is 13.9 Å². The third-order valence-corrected chi connectivity index (χ3v) is 5.31. The second-order valence-electron chi connectivity index (χ2n) is 7.55. The van der Waals surface area contributed by atoms with Crippen molar-refractivity contribution in [1.29, 1.82) is 0 Å². The van der Waals surface area contributed by atoms with Crippen molar-refractivity contribution in [3.63, 3.8) is 0 Å². The molecule has 0 atom stereocenters. The molecule has 0 saturated heterocycles. The number of ether oxygens (including phenoxy) is 2. The van der Waals surface area contributed by atoms with Crippen molar-refractivity contribution < 1.29 is 18.7 Å². The number of carbonyl (C=O) groups excluding carboxylic acids is 1. The molecule has 0 amide bonds. The Morgan fingerprint density at radius 2 is 1.97 bits per heavy atom. The number of pyridine rings is 1. The number of fused-ring (bicyclic) bond motifs is 1. The second kappa shape index (κ2) is 9.16. The van der Waals surface area contributed by atoms with Gasteiger partial charge in [-0.1, -0.05) is 31.2 Å². The van der Waals surface area contributed by atoms with Gasteiger partial charge in [0.2, 0.25) is 5.89 Å². The van der Waals surface area contributed by atoms with Gasteiger partial charge in [0.25, 0.3) is 0 Å². The molecule has 0 aliphatic heterocycles. The first-order valence-electron chi connectivity index (χ1n) is 10.6. The van der Waals surface area contributed by atoms with Crippen molar-refractivity contribution in [3.05, 3.63) is 76.6 Å². The highest BCUT2D eigenvalue weighted by atomic mass is 16.6. The Bertz CT molecular complexity index is 1110. The molecule has 0 spiro atoms. The van der Waals surface area contributed by atoms with Crippen LogP contribution in [0, 0.1) is 13.8 Å². The molecule has 4 rings (SSSR count). The fourth-order valence-electron chi connectivity index (χ4n) is 3.56. The highest BCUT2D eigenvalue weighted by Gasteiger charge is 2.23. The standard InChI is InChI=1S/C25H26N2O4/c1-4-23(28)31-24-20-8-6-5-7-18(20)11-12-22(24)29-14-13-21-17(3)30-25(27-21)19-10-9-16(2)26-15-19/h5-10,15H,4,11-14H2,1-3H3. The van der Waals surface area contributed by atoms with Crippen LogP contribution in [0.1, 0.15) is 48.0 Å². The predicted octanol–water partition coefficient (Wildman–Crippen LogP) is 5.18. The zero-order valence-corrected chi connectivity index (χ0v) is 18.1. The molecule has 0 N–H and O–H groups in total. The predicted molar refractivity (Wildman–Crippen MR) is 117 cm³/mol. The third kappa shape index (κ3) is 4.68. The van der Waals surface area contributed by atoms with Gasteiger partial charge in [-0.05, 0) is 38.0 Å². The quantitative estimate of drug-likeness (QED) is 0.492. The topological polar surface area (TPSA) is 74.5 Å². The first-order valence-corrected chi connectivity index (χ1v) is 10.6. The molecular formula is C25H26N2O4. The summed E-state index contributed by atoms with van der Waals surface area (Å²) in [6, 6.07) is 11.9. The van der Waals surface area contributed by atoms with E-state index in [0.717, 1.165) is 40.3 Å². The van der Waals surface area contributed by atoms with Gasteiger partial charge in [-0.15, -0.1) is 0 Å². The van der Waals surface area contributed by atoms with Crippen molar-refractivity contribution >= 4 is 11.7 Å². The molecule has 6 heteroatoms. The summed E-state index contributed by atoms with van der Waals surface area (Å²) in [5.41, 5.74) is 4.73. The van der Waals surface area contributed by atoms with Crippen molar-refractivity contribution in [3.8, 4) is 11.5 Å². The van der Waals surface area contributed by atoms with E-state index in [-0.39, 0.29) is 5.97 Å².